The van der Waals surface area contributed by atoms with Crippen LogP contribution in [0.1, 0.15) is 41.6 Å². The standard InChI is InChI=1S/C21H26N2O4S/c1-28(26,27)23(15-16-9-3-2-4-10-16)19-13-7-5-11-17(19)21(25)22-18-12-6-8-14-20(18)24/h2-5,7,9-11,13,18,20,24H,6,8,12,14-15H2,1H3,(H,22,25). The van der Waals surface area contributed by atoms with Gasteiger partial charge in [0.25, 0.3) is 5.91 Å². The highest BCUT2D eigenvalue weighted by molar-refractivity contribution is 7.92. The molecule has 1 aliphatic carbocycles. The van der Waals surface area contributed by atoms with E-state index < -0.39 is 16.1 Å². The van der Waals surface area contributed by atoms with E-state index in [1.54, 1.807) is 24.3 Å². The van der Waals surface area contributed by atoms with Crippen molar-refractivity contribution in [3.05, 3.63) is 65.7 Å². The maximum absolute atomic E-state index is 12.9. The lowest BCUT2D eigenvalue weighted by atomic mass is 9.92. The fourth-order valence-electron chi connectivity index (χ4n) is 3.54. The van der Waals surface area contributed by atoms with Crippen LogP contribution in [0, 0.1) is 0 Å². The van der Waals surface area contributed by atoms with Crippen LogP contribution in [0.2, 0.25) is 0 Å². The Morgan fingerprint density at radius 2 is 1.71 bits per heavy atom. The van der Waals surface area contributed by atoms with Crippen LogP contribution in [-0.4, -0.2) is 37.8 Å². The first-order valence-electron chi connectivity index (χ1n) is 9.46. The molecule has 6 nitrogen and oxygen atoms in total. The number of carbonyl (C=O) groups excluding carboxylic acids is 1. The number of hydrogen-bond donors (Lipinski definition) is 2. The summed E-state index contributed by atoms with van der Waals surface area (Å²) in [6, 6.07) is 15.6. The van der Waals surface area contributed by atoms with Crippen molar-refractivity contribution in [3.8, 4) is 0 Å². The van der Waals surface area contributed by atoms with E-state index in [1.807, 2.05) is 30.3 Å². The van der Waals surface area contributed by atoms with Crippen molar-refractivity contribution in [2.24, 2.45) is 0 Å². The molecule has 150 valence electrons. The van der Waals surface area contributed by atoms with E-state index in [4.69, 9.17) is 0 Å². The van der Waals surface area contributed by atoms with Crippen LogP contribution in [0.3, 0.4) is 0 Å². The molecule has 28 heavy (non-hydrogen) atoms. The molecule has 0 spiro atoms. The Kier molecular flexibility index (Phi) is 6.36. The topological polar surface area (TPSA) is 86.7 Å². The number of hydrogen-bond acceptors (Lipinski definition) is 4. The number of anilines is 1. The molecule has 2 N–H and O–H groups in total. The number of aliphatic hydroxyl groups is 1. The molecule has 2 unspecified atom stereocenters. The van der Waals surface area contributed by atoms with Crippen molar-refractivity contribution in [2.45, 2.75) is 44.4 Å². The molecule has 0 radical (unpaired) electrons. The van der Waals surface area contributed by atoms with Gasteiger partial charge >= 0.3 is 0 Å². The van der Waals surface area contributed by atoms with Crippen LogP contribution < -0.4 is 9.62 Å². The lowest BCUT2D eigenvalue weighted by Gasteiger charge is -2.29. The summed E-state index contributed by atoms with van der Waals surface area (Å²) in [6.07, 6.45) is 3.84. The lowest BCUT2D eigenvalue weighted by Crippen LogP contribution is -2.45. The SMILES string of the molecule is CS(=O)(=O)N(Cc1ccccc1)c1ccccc1C(=O)NC1CCCCC1O. The van der Waals surface area contributed by atoms with Gasteiger partial charge in [0.1, 0.15) is 0 Å². The quantitative estimate of drug-likeness (QED) is 0.778. The normalized spacial score (nSPS) is 19.8. The molecule has 1 amide bonds. The Morgan fingerprint density at radius 1 is 1.07 bits per heavy atom. The fourth-order valence-corrected chi connectivity index (χ4v) is 4.44. The van der Waals surface area contributed by atoms with E-state index in [1.165, 1.54) is 4.31 Å². The van der Waals surface area contributed by atoms with Crippen molar-refractivity contribution in [1.82, 2.24) is 5.32 Å². The number of carbonyl (C=O) groups is 1. The molecule has 0 heterocycles. The zero-order valence-corrected chi connectivity index (χ0v) is 16.7. The van der Waals surface area contributed by atoms with E-state index in [0.29, 0.717) is 12.1 Å². The molecular weight excluding hydrogens is 376 g/mol. The second-order valence-electron chi connectivity index (χ2n) is 7.20. The van der Waals surface area contributed by atoms with Crippen molar-refractivity contribution in [2.75, 3.05) is 10.6 Å². The van der Waals surface area contributed by atoms with Crippen molar-refractivity contribution in [3.63, 3.8) is 0 Å². The highest BCUT2D eigenvalue weighted by atomic mass is 32.2. The van der Waals surface area contributed by atoms with Crippen LogP contribution in [-0.2, 0) is 16.6 Å². The number of nitrogens with zero attached hydrogens (tertiary/aromatic N) is 1. The minimum absolute atomic E-state index is 0.135. The smallest absolute Gasteiger partial charge is 0.253 e. The number of nitrogens with one attached hydrogen (secondary N) is 1. The van der Waals surface area contributed by atoms with E-state index in [9.17, 15) is 18.3 Å². The summed E-state index contributed by atoms with van der Waals surface area (Å²) in [5, 5.41) is 13.0. The third-order valence-electron chi connectivity index (χ3n) is 5.03. The minimum Gasteiger partial charge on any atom is -0.391 e. The number of amides is 1. The molecule has 1 aliphatic rings. The third kappa shape index (κ3) is 4.91. The summed E-state index contributed by atoms with van der Waals surface area (Å²) < 4.78 is 26.3. The van der Waals surface area contributed by atoms with E-state index in [0.717, 1.165) is 31.1 Å². The molecule has 2 aromatic rings. The zero-order chi connectivity index (χ0) is 20.1. The monoisotopic (exact) mass is 402 g/mol. The van der Waals surface area contributed by atoms with Crippen LogP contribution in [0.4, 0.5) is 5.69 Å². The summed E-state index contributed by atoms with van der Waals surface area (Å²) in [7, 11) is -3.61. The number of aliphatic hydroxyl groups excluding tert-OH is 1. The predicted octanol–water partition coefficient (Wildman–Crippen LogP) is 2.69. The maximum atomic E-state index is 12.9. The average molecular weight is 403 g/mol. The summed E-state index contributed by atoms with van der Waals surface area (Å²) in [5.74, 6) is -0.372. The first-order valence-corrected chi connectivity index (χ1v) is 11.3. The van der Waals surface area contributed by atoms with Gasteiger partial charge < -0.3 is 10.4 Å². The molecule has 0 bridgehead atoms. The van der Waals surface area contributed by atoms with E-state index in [2.05, 4.69) is 5.32 Å². The van der Waals surface area contributed by atoms with Gasteiger partial charge in [0.2, 0.25) is 10.0 Å². The average Bonchev–Trinajstić information content (AvgIpc) is 2.68. The Labute approximate surface area is 166 Å². The van der Waals surface area contributed by atoms with Crippen molar-refractivity contribution >= 4 is 21.6 Å². The second kappa shape index (κ2) is 8.75. The Hall–Kier alpha value is -2.38. The van der Waals surface area contributed by atoms with E-state index in [-0.39, 0.29) is 24.1 Å². The summed E-state index contributed by atoms with van der Waals surface area (Å²) in [4.78, 5) is 12.9. The van der Waals surface area contributed by atoms with Gasteiger partial charge in [-0.25, -0.2) is 8.42 Å². The molecule has 1 fully saturated rings. The van der Waals surface area contributed by atoms with Crippen molar-refractivity contribution < 1.29 is 18.3 Å². The zero-order valence-electron chi connectivity index (χ0n) is 15.9. The van der Waals surface area contributed by atoms with Crippen molar-refractivity contribution in [1.29, 1.82) is 0 Å². The highest BCUT2D eigenvalue weighted by Crippen LogP contribution is 2.26. The molecule has 0 aliphatic heterocycles. The van der Waals surface area contributed by atoms with Gasteiger partial charge in [-0.1, -0.05) is 55.3 Å². The number of rotatable bonds is 6. The first kappa shape index (κ1) is 20.4. The summed E-state index contributed by atoms with van der Waals surface area (Å²) >= 11 is 0. The maximum Gasteiger partial charge on any atom is 0.253 e. The van der Waals surface area contributed by atoms with Gasteiger partial charge in [0, 0.05) is 0 Å². The van der Waals surface area contributed by atoms with Crippen LogP contribution in [0.15, 0.2) is 54.6 Å². The van der Waals surface area contributed by atoms with Gasteiger partial charge in [-0.2, -0.15) is 0 Å². The number of sulfonamides is 1. The lowest BCUT2D eigenvalue weighted by molar-refractivity contribution is 0.0717. The predicted molar refractivity (Wildman–Crippen MR) is 110 cm³/mol. The van der Waals surface area contributed by atoms with Gasteiger partial charge in [0.15, 0.2) is 0 Å². The Morgan fingerprint density at radius 3 is 2.39 bits per heavy atom. The molecule has 0 saturated heterocycles. The molecule has 0 aromatic heterocycles. The summed E-state index contributed by atoms with van der Waals surface area (Å²) in [6.45, 7) is 0.135. The third-order valence-corrected chi connectivity index (χ3v) is 6.16. The molecule has 2 atom stereocenters. The van der Waals surface area contributed by atoms with Crippen LogP contribution in [0.5, 0.6) is 0 Å². The van der Waals surface area contributed by atoms with Crippen LogP contribution in [0.25, 0.3) is 0 Å². The highest BCUT2D eigenvalue weighted by Gasteiger charge is 2.28. The largest absolute Gasteiger partial charge is 0.391 e. The van der Waals surface area contributed by atoms with Gasteiger partial charge in [0.05, 0.1) is 36.2 Å². The Bertz CT molecular complexity index is 915. The van der Waals surface area contributed by atoms with Crippen LogP contribution >= 0.6 is 0 Å². The van der Waals surface area contributed by atoms with Gasteiger partial charge in [-0.15, -0.1) is 0 Å². The minimum atomic E-state index is -3.61. The summed E-state index contributed by atoms with van der Waals surface area (Å²) in [5.41, 5.74) is 1.43. The molecule has 3 rings (SSSR count). The van der Waals surface area contributed by atoms with Gasteiger partial charge in [-0.3, -0.25) is 9.10 Å². The first-order chi connectivity index (χ1) is 13.4. The Balaban J connectivity index is 1.90. The molecule has 7 heteroatoms. The number of para-hydroxylation sites is 1. The molecule has 1 saturated carbocycles. The fraction of sp³-hybridized carbons (Fsp3) is 0.381. The number of benzene rings is 2. The molecular formula is C21H26N2O4S. The second-order valence-corrected chi connectivity index (χ2v) is 9.11. The van der Waals surface area contributed by atoms with Gasteiger partial charge in [-0.05, 0) is 30.5 Å². The van der Waals surface area contributed by atoms with E-state index >= 15 is 0 Å². The molecule has 2 aromatic carbocycles.